The van der Waals surface area contributed by atoms with Crippen LogP contribution >= 0.6 is 0 Å². The predicted octanol–water partition coefficient (Wildman–Crippen LogP) is 6.56. The highest BCUT2D eigenvalue weighted by Gasteiger charge is 2.38. The summed E-state index contributed by atoms with van der Waals surface area (Å²) in [5.74, 6) is -0.929. The molecule has 0 fully saturated rings. The summed E-state index contributed by atoms with van der Waals surface area (Å²) in [7, 11) is 0. The molecule has 1 nitrogen and oxygen atoms in total. The van der Waals surface area contributed by atoms with Gasteiger partial charge in [-0.15, -0.1) is 0 Å². The van der Waals surface area contributed by atoms with Crippen LogP contribution in [-0.4, -0.2) is 0 Å². The molecule has 1 unspecified atom stereocenters. The van der Waals surface area contributed by atoms with E-state index in [0.717, 1.165) is 30.9 Å². The molecule has 25 heavy (non-hydrogen) atoms. The zero-order valence-electron chi connectivity index (χ0n) is 15.0. The van der Waals surface area contributed by atoms with Crippen LogP contribution in [0.2, 0.25) is 0 Å². The number of hydrogen-bond donors (Lipinski definition) is 0. The number of aryl methyl sites for hydroxylation is 2. The lowest BCUT2D eigenvalue weighted by Gasteiger charge is -2.23. The molecular weight excluding hydrogens is 325 g/mol. The minimum Gasteiger partial charge on any atom is -0.309 e. The van der Waals surface area contributed by atoms with E-state index in [4.69, 9.17) is 4.74 Å². The van der Waals surface area contributed by atoms with Gasteiger partial charge in [-0.1, -0.05) is 57.0 Å². The molecule has 0 aliphatic carbocycles. The summed E-state index contributed by atoms with van der Waals surface area (Å²) in [6, 6.07) is 11.2. The Kier molecular flexibility index (Phi) is 6.65. The van der Waals surface area contributed by atoms with Crippen LogP contribution in [0.5, 0.6) is 0 Å². The second kappa shape index (κ2) is 8.52. The fourth-order valence-corrected chi connectivity index (χ4v) is 2.84. The summed E-state index contributed by atoms with van der Waals surface area (Å²) in [5, 5.41) is 0. The van der Waals surface area contributed by atoms with Crippen LogP contribution in [0.25, 0.3) is 0 Å². The van der Waals surface area contributed by atoms with Crippen LogP contribution in [0.1, 0.15) is 62.0 Å². The summed E-state index contributed by atoms with van der Waals surface area (Å²) in [6.45, 7) is 5.59. The summed E-state index contributed by atoms with van der Waals surface area (Å²) in [5.41, 5.74) is 1.78. The Bertz CT molecular complexity index is 680. The van der Waals surface area contributed by atoms with Crippen LogP contribution in [0.4, 0.5) is 13.2 Å². The Labute approximate surface area is 147 Å². The molecule has 1 atom stereocenters. The lowest BCUT2D eigenvalue weighted by atomic mass is 10.0. The SMILES string of the molecule is CCCc1ccc(C(C)OC(F)(F)c2ccc(CCC)cc2F)cc1. The first kappa shape index (κ1) is 19.5. The standard InChI is InChI=1S/C21H25F3O/c1-4-6-16-8-11-18(12-9-16)15(3)25-21(23,24)19-13-10-17(7-5-2)14-20(19)22/h8-15H,4-7H2,1-3H3. The molecule has 0 saturated carbocycles. The fraction of sp³-hybridized carbons (Fsp3) is 0.429. The maximum absolute atomic E-state index is 14.4. The molecule has 0 bridgehead atoms. The second-order valence-corrected chi connectivity index (χ2v) is 6.33. The van der Waals surface area contributed by atoms with Gasteiger partial charge < -0.3 is 4.74 Å². The van der Waals surface area contributed by atoms with E-state index in [2.05, 4.69) is 6.92 Å². The largest absolute Gasteiger partial charge is 0.386 e. The van der Waals surface area contributed by atoms with E-state index in [0.29, 0.717) is 17.5 Å². The summed E-state index contributed by atoms with van der Waals surface area (Å²) in [6.07, 6.45) is -1.07. The van der Waals surface area contributed by atoms with Crippen molar-refractivity contribution in [1.82, 2.24) is 0 Å². The predicted molar refractivity (Wildman–Crippen MR) is 94.2 cm³/mol. The lowest BCUT2D eigenvalue weighted by molar-refractivity contribution is -0.273. The van der Waals surface area contributed by atoms with Gasteiger partial charge in [0.1, 0.15) is 5.82 Å². The minimum absolute atomic E-state index is 0.641. The van der Waals surface area contributed by atoms with Crippen molar-refractivity contribution in [2.24, 2.45) is 0 Å². The van der Waals surface area contributed by atoms with Gasteiger partial charge in [0.2, 0.25) is 0 Å². The molecule has 0 N–H and O–H groups in total. The average Bonchev–Trinajstić information content (AvgIpc) is 2.55. The van der Waals surface area contributed by atoms with Gasteiger partial charge in [0.05, 0.1) is 11.7 Å². The first-order valence-electron chi connectivity index (χ1n) is 8.80. The van der Waals surface area contributed by atoms with E-state index < -0.39 is 23.6 Å². The maximum atomic E-state index is 14.4. The Balaban J connectivity index is 2.14. The van der Waals surface area contributed by atoms with Gasteiger partial charge in [-0.2, -0.15) is 8.78 Å². The van der Waals surface area contributed by atoms with E-state index in [1.54, 1.807) is 19.1 Å². The Hall–Kier alpha value is -1.81. The van der Waals surface area contributed by atoms with E-state index in [1.807, 2.05) is 19.1 Å². The average molecular weight is 350 g/mol. The van der Waals surface area contributed by atoms with Gasteiger partial charge in [0.25, 0.3) is 0 Å². The minimum atomic E-state index is -3.68. The van der Waals surface area contributed by atoms with Crippen LogP contribution in [-0.2, 0) is 23.7 Å². The molecule has 0 aliphatic heterocycles. The molecule has 2 aromatic rings. The highest BCUT2D eigenvalue weighted by molar-refractivity contribution is 5.28. The zero-order valence-corrected chi connectivity index (χ0v) is 15.0. The third kappa shape index (κ3) is 5.08. The number of hydrogen-bond acceptors (Lipinski definition) is 1. The van der Waals surface area contributed by atoms with Crippen LogP contribution < -0.4 is 0 Å². The molecule has 0 heterocycles. The monoisotopic (exact) mass is 350 g/mol. The van der Waals surface area contributed by atoms with Crippen molar-refractivity contribution in [3.8, 4) is 0 Å². The fourth-order valence-electron chi connectivity index (χ4n) is 2.84. The van der Waals surface area contributed by atoms with E-state index in [9.17, 15) is 13.2 Å². The topological polar surface area (TPSA) is 9.23 Å². The molecule has 0 aliphatic rings. The molecule has 2 rings (SSSR count). The molecule has 4 heteroatoms. The number of benzene rings is 2. The van der Waals surface area contributed by atoms with Crippen molar-refractivity contribution >= 4 is 0 Å². The third-order valence-corrected chi connectivity index (χ3v) is 4.20. The number of halogens is 3. The van der Waals surface area contributed by atoms with Crippen molar-refractivity contribution in [2.75, 3.05) is 0 Å². The van der Waals surface area contributed by atoms with E-state index in [1.165, 1.54) is 12.1 Å². The van der Waals surface area contributed by atoms with E-state index in [-0.39, 0.29) is 0 Å². The molecular formula is C21H25F3O. The van der Waals surface area contributed by atoms with Crippen molar-refractivity contribution in [1.29, 1.82) is 0 Å². The zero-order chi connectivity index (χ0) is 18.4. The van der Waals surface area contributed by atoms with Crippen LogP contribution in [0, 0.1) is 5.82 Å². The molecule has 2 aromatic carbocycles. The first-order chi connectivity index (χ1) is 11.9. The van der Waals surface area contributed by atoms with Gasteiger partial charge >= 0.3 is 6.11 Å². The summed E-state index contributed by atoms with van der Waals surface area (Å²) in [4.78, 5) is 0. The van der Waals surface area contributed by atoms with Crippen molar-refractivity contribution in [2.45, 2.75) is 58.7 Å². The van der Waals surface area contributed by atoms with Crippen molar-refractivity contribution in [3.63, 3.8) is 0 Å². The van der Waals surface area contributed by atoms with Gasteiger partial charge in [0, 0.05) is 0 Å². The molecule has 0 saturated heterocycles. The first-order valence-corrected chi connectivity index (χ1v) is 8.80. The number of alkyl halides is 2. The molecule has 0 aromatic heterocycles. The Morgan fingerprint density at radius 2 is 1.48 bits per heavy atom. The van der Waals surface area contributed by atoms with E-state index >= 15 is 0 Å². The van der Waals surface area contributed by atoms with Crippen LogP contribution in [0.15, 0.2) is 42.5 Å². The highest BCUT2D eigenvalue weighted by atomic mass is 19.3. The molecule has 0 spiro atoms. The maximum Gasteiger partial charge on any atom is 0.386 e. The molecule has 0 radical (unpaired) electrons. The summed E-state index contributed by atoms with van der Waals surface area (Å²) >= 11 is 0. The summed E-state index contributed by atoms with van der Waals surface area (Å²) < 4.78 is 47.8. The Morgan fingerprint density at radius 3 is 2.04 bits per heavy atom. The highest BCUT2D eigenvalue weighted by Crippen LogP contribution is 2.36. The quantitative estimate of drug-likeness (QED) is 0.524. The van der Waals surface area contributed by atoms with Crippen molar-refractivity contribution in [3.05, 3.63) is 70.5 Å². The van der Waals surface area contributed by atoms with Gasteiger partial charge in [-0.25, -0.2) is 4.39 Å². The molecule has 0 amide bonds. The number of rotatable bonds is 8. The van der Waals surface area contributed by atoms with Gasteiger partial charge in [0.15, 0.2) is 0 Å². The lowest BCUT2D eigenvalue weighted by Crippen LogP contribution is -2.22. The Morgan fingerprint density at radius 1 is 0.920 bits per heavy atom. The van der Waals surface area contributed by atoms with Gasteiger partial charge in [-0.3, -0.25) is 0 Å². The normalized spacial score (nSPS) is 13.0. The second-order valence-electron chi connectivity index (χ2n) is 6.33. The van der Waals surface area contributed by atoms with Gasteiger partial charge in [-0.05, 0) is 48.6 Å². The third-order valence-electron chi connectivity index (χ3n) is 4.20. The molecule has 136 valence electrons. The van der Waals surface area contributed by atoms with Crippen molar-refractivity contribution < 1.29 is 17.9 Å². The van der Waals surface area contributed by atoms with Crippen LogP contribution in [0.3, 0.4) is 0 Å². The smallest absolute Gasteiger partial charge is 0.309 e. The number of ether oxygens (including phenoxy) is 1.